The van der Waals surface area contributed by atoms with E-state index in [1.54, 1.807) is 11.3 Å². The van der Waals surface area contributed by atoms with Crippen molar-refractivity contribution in [2.75, 3.05) is 0 Å². The molecule has 0 bridgehead atoms. The van der Waals surface area contributed by atoms with Gasteiger partial charge in [0.1, 0.15) is 0 Å². The molecule has 0 spiro atoms. The first-order chi connectivity index (χ1) is 13.1. The van der Waals surface area contributed by atoms with Gasteiger partial charge in [0, 0.05) is 28.8 Å². The first kappa shape index (κ1) is 18.6. The van der Waals surface area contributed by atoms with Gasteiger partial charge in [-0.1, -0.05) is 24.3 Å². The highest BCUT2D eigenvalue weighted by Gasteiger charge is 2.29. The van der Waals surface area contributed by atoms with Crippen molar-refractivity contribution >= 4 is 23.6 Å². The quantitative estimate of drug-likeness (QED) is 0.695. The highest BCUT2D eigenvalue weighted by molar-refractivity contribution is 7.71. The minimum Gasteiger partial charge on any atom is -0.335 e. The minimum absolute atomic E-state index is 0.0657. The minimum atomic E-state index is -0.0657. The van der Waals surface area contributed by atoms with Crippen LogP contribution in [-0.4, -0.2) is 15.0 Å². The lowest BCUT2D eigenvalue weighted by Gasteiger charge is -2.33. The third kappa shape index (κ3) is 4.22. The molecule has 142 valence electrons. The fraction of sp³-hybridized carbons (Fsp3) is 0.476. The van der Waals surface area contributed by atoms with Gasteiger partial charge in [-0.2, -0.15) is 0 Å². The number of nitrogens with zero attached hydrogens (tertiary/aromatic N) is 1. The largest absolute Gasteiger partial charge is 0.335 e. The summed E-state index contributed by atoms with van der Waals surface area (Å²) in [7, 11) is 0. The average Bonchev–Trinajstić information content (AvgIpc) is 3.09. The fourth-order valence-corrected chi connectivity index (χ4v) is 5.46. The molecule has 4 nitrogen and oxygen atoms in total. The van der Waals surface area contributed by atoms with Crippen molar-refractivity contribution in [2.45, 2.75) is 51.4 Å². The molecule has 0 amide bonds. The van der Waals surface area contributed by atoms with Gasteiger partial charge in [-0.15, -0.1) is 11.3 Å². The Hall–Kier alpha value is -1.79. The number of aryl methyl sites for hydroxylation is 1. The number of hydrogen-bond donors (Lipinski definition) is 2. The Balaban J connectivity index is 1.54. The van der Waals surface area contributed by atoms with Gasteiger partial charge >= 0.3 is 0 Å². The summed E-state index contributed by atoms with van der Waals surface area (Å²) in [4.78, 5) is 23.3. The summed E-state index contributed by atoms with van der Waals surface area (Å²) in [5.41, 5.74) is 2.78. The van der Waals surface area contributed by atoms with Crippen molar-refractivity contribution in [3.8, 4) is 0 Å². The first-order valence-corrected chi connectivity index (χ1v) is 11.0. The van der Waals surface area contributed by atoms with Gasteiger partial charge in [-0.3, -0.25) is 9.78 Å². The maximum atomic E-state index is 12.6. The van der Waals surface area contributed by atoms with Crippen molar-refractivity contribution in [2.24, 2.45) is 11.8 Å². The lowest BCUT2D eigenvalue weighted by molar-refractivity contribution is 0.262. The van der Waals surface area contributed by atoms with Crippen molar-refractivity contribution in [1.82, 2.24) is 15.0 Å². The van der Waals surface area contributed by atoms with E-state index in [1.807, 2.05) is 12.3 Å². The molecule has 1 atom stereocenters. The number of allylic oxidation sites excluding steroid dienone is 4. The van der Waals surface area contributed by atoms with Crippen LogP contribution in [0.4, 0.5) is 0 Å². The van der Waals surface area contributed by atoms with Crippen molar-refractivity contribution in [3.63, 3.8) is 0 Å². The Morgan fingerprint density at radius 3 is 2.70 bits per heavy atom. The molecule has 2 aliphatic rings. The smallest absolute Gasteiger partial charge is 0.255 e. The third-order valence-electron chi connectivity index (χ3n) is 5.87. The highest BCUT2D eigenvalue weighted by atomic mass is 32.1. The molecule has 4 rings (SSSR count). The molecule has 2 aliphatic carbocycles. The van der Waals surface area contributed by atoms with Gasteiger partial charge in [0.05, 0.1) is 5.01 Å². The molecule has 2 aromatic rings. The predicted molar refractivity (Wildman–Crippen MR) is 113 cm³/mol. The maximum Gasteiger partial charge on any atom is 0.255 e. The molecular weight excluding hydrogens is 374 g/mol. The normalized spacial score (nSPS) is 25.0. The van der Waals surface area contributed by atoms with E-state index in [0.29, 0.717) is 23.0 Å². The third-order valence-corrected chi connectivity index (χ3v) is 7.04. The molecule has 1 fully saturated rings. The van der Waals surface area contributed by atoms with Crippen molar-refractivity contribution < 1.29 is 0 Å². The van der Waals surface area contributed by atoms with E-state index in [1.165, 1.54) is 12.8 Å². The van der Waals surface area contributed by atoms with Crippen LogP contribution >= 0.6 is 23.6 Å². The Bertz CT molecular complexity index is 974. The van der Waals surface area contributed by atoms with E-state index in [4.69, 9.17) is 12.2 Å². The summed E-state index contributed by atoms with van der Waals surface area (Å²) in [6.45, 7) is 1.99. The highest BCUT2D eigenvalue weighted by Crippen LogP contribution is 2.40. The molecule has 2 heterocycles. The average molecular weight is 400 g/mol. The molecule has 6 heteroatoms. The predicted octanol–water partition coefficient (Wildman–Crippen LogP) is 5.19. The summed E-state index contributed by atoms with van der Waals surface area (Å²) < 4.78 is 0.427. The number of hydrogen-bond acceptors (Lipinski definition) is 4. The van der Waals surface area contributed by atoms with Crippen LogP contribution in [0, 0.1) is 23.5 Å². The van der Waals surface area contributed by atoms with Gasteiger partial charge in [0.15, 0.2) is 4.77 Å². The number of rotatable bonds is 4. The molecule has 0 saturated heterocycles. The van der Waals surface area contributed by atoms with Crippen LogP contribution in [0.2, 0.25) is 0 Å². The number of H-pyrrole nitrogens is 2. The van der Waals surface area contributed by atoms with Gasteiger partial charge in [0.2, 0.25) is 0 Å². The standard InChI is InChI=1S/C21H25N3OS2/c1-13-12-27-18(22-13)11-17-19(23-21(26)24-20(17)25)16-9-7-15(8-10-16)14-5-3-2-4-6-14/h2-5,12,14-16H,6-11H2,1H3,(H2,23,24,25,26). The molecule has 2 N–H and O–H groups in total. The van der Waals surface area contributed by atoms with Crippen LogP contribution < -0.4 is 5.56 Å². The van der Waals surface area contributed by atoms with E-state index in [0.717, 1.165) is 47.1 Å². The lowest BCUT2D eigenvalue weighted by atomic mass is 9.72. The summed E-state index contributed by atoms with van der Waals surface area (Å²) in [6.07, 6.45) is 15.3. The summed E-state index contributed by atoms with van der Waals surface area (Å²) in [5, 5.41) is 3.02. The Morgan fingerprint density at radius 1 is 1.22 bits per heavy atom. The lowest BCUT2D eigenvalue weighted by Crippen LogP contribution is -2.25. The zero-order valence-corrected chi connectivity index (χ0v) is 17.2. The molecule has 1 unspecified atom stereocenters. The topological polar surface area (TPSA) is 61.5 Å². The SMILES string of the molecule is Cc1csc(Cc2c(C3CCC(C4C=CC=CC4)CC3)[nH]c(=S)[nH]c2=O)n1. The second-order valence-corrected chi connectivity index (χ2v) is 9.04. The number of thiazole rings is 1. The van der Waals surface area contributed by atoms with Gasteiger partial charge in [0.25, 0.3) is 5.56 Å². The molecule has 27 heavy (non-hydrogen) atoms. The van der Waals surface area contributed by atoms with Crippen molar-refractivity contribution in [3.05, 3.63) is 66.8 Å². The molecule has 0 radical (unpaired) electrons. The second kappa shape index (κ2) is 8.07. The Morgan fingerprint density at radius 2 is 2.04 bits per heavy atom. The van der Waals surface area contributed by atoms with E-state index in [2.05, 4.69) is 39.3 Å². The summed E-state index contributed by atoms with van der Waals surface area (Å²) in [5.74, 6) is 1.80. The van der Waals surface area contributed by atoms with E-state index >= 15 is 0 Å². The maximum absolute atomic E-state index is 12.6. The van der Waals surface area contributed by atoms with Gasteiger partial charge < -0.3 is 4.98 Å². The van der Waals surface area contributed by atoms with Gasteiger partial charge in [-0.05, 0) is 69.0 Å². The van der Waals surface area contributed by atoms with E-state index in [-0.39, 0.29) is 5.56 Å². The van der Waals surface area contributed by atoms with E-state index in [9.17, 15) is 4.79 Å². The van der Waals surface area contributed by atoms with Crippen LogP contribution in [0.5, 0.6) is 0 Å². The van der Waals surface area contributed by atoms with Crippen LogP contribution in [0.1, 0.15) is 60.0 Å². The molecule has 0 aromatic carbocycles. The zero-order valence-electron chi connectivity index (χ0n) is 15.5. The van der Waals surface area contributed by atoms with E-state index < -0.39 is 0 Å². The Kier molecular flexibility index (Phi) is 5.55. The molecular formula is C21H25N3OS2. The number of aromatic nitrogens is 3. The number of nitrogens with one attached hydrogen (secondary N) is 2. The Labute approximate surface area is 168 Å². The second-order valence-electron chi connectivity index (χ2n) is 7.68. The molecule has 2 aromatic heterocycles. The van der Waals surface area contributed by atoms with Crippen LogP contribution in [0.15, 0.2) is 34.5 Å². The first-order valence-electron chi connectivity index (χ1n) is 9.70. The van der Waals surface area contributed by atoms with Gasteiger partial charge in [-0.25, -0.2) is 4.98 Å². The molecule has 1 saturated carbocycles. The number of aromatic amines is 2. The van der Waals surface area contributed by atoms with Crippen molar-refractivity contribution in [1.29, 1.82) is 0 Å². The summed E-state index contributed by atoms with van der Waals surface area (Å²) in [6, 6.07) is 0. The monoisotopic (exact) mass is 399 g/mol. The zero-order chi connectivity index (χ0) is 18.8. The fourth-order valence-electron chi connectivity index (χ4n) is 4.47. The molecule has 0 aliphatic heterocycles. The summed E-state index contributed by atoms with van der Waals surface area (Å²) >= 11 is 6.88. The van der Waals surface area contributed by atoms with Crippen LogP contribution in [-0.2, 0) is 6.42 Å². The van der Waals surface area contributed by atoms with Crippen LogP contribution in [0.3, 0.4) is 0 Å². The van der Waals surface area contributed by atoms with Crippen LogP contribution in [0.25, 0.3) is 0 Å².